The van der Waals surface area contributed by atoms with Gasteiger partial charge in [0.25, 0.3) is 5.91 Å². The minimum Gasteiger partial charge on any atom is -0.484 e. The molecule has 0 saturated carbocycles. The summed E-state index contributed by atoms with van der Waals surface area (Å²) in [5.74, 6) is 1.25. The van der Waals surface area contributed by atoms with Gasteiger partial charge in [0.2, 0.25) is 0 Å². The van der Waals surface area contributed by atoms with Crippen LogP contribution in [0.5, 0.6) is 5.75 Å². The van der Waals surface area contributed by atoms with E-state index in [-0.39, 0.29) is 24.7 Å². The number of carbonyl (C=O) groups is 1. The van der Waals surface area contributed by atoms with E-state index in [9.17, 15) is 4.79 Å². The van der Waals surface area contributed by atoms with Crippen molar-refractivity contribution in [1.82, 2.24) is 4.90 Å². The Balaban J connectivity index is 1.86. The summed E-state index contributed by atoms with van der Waals surface area (Å²) >= 11 is 0. The monoisotopic (exact) mass is 291 g/mol. The minimum absolute atomic E-state index is 0.0185. The van der Waals surface area contributed by atoms with Crippen LogP contribution in [0.15, 0.2) is 24.3 Å². The molecule has 2 atom stereocenters. The zero-order valence-electron chi connectivity index (χ0n) is 13.3. The third-order valence-electron chi connectivity index (χ3n) is 3.68. The molecule has 1 aromatic carbocycles. The van der Waals surface area contributed by atoms with Crippen LogP contribution in [0.4, 0.5) is 0 Å². The number of amides is 1. The van der Waals surface area contributed by atoms with Crippen molar-refractivity contribution in [3.05, 3.63) is 29.8 Å². The molecule has 1 amide bonds. The van der Waals surface area contributed by atoms with Crippen LogP contribution >= 0.6 is 0 Å². The van der Waals surface area contributed by atoms with Crippen molar-refractivity contribution in [2.75, 3.05) is 19.7 Å². The summed E-state index contributed by atoms with van der Waals surface area (Å²) in [6.45, 7) is 9.64. The Morgan fingerprint density at radius 3 is 2.33 bits per heavy atom. The smallest absolute Gasteiger partial charge is 0.260 e. The van der Waals surface area contributed by atoms with E-state index in [4.69, 9.17) is 9.47 Å². The predicted octanol–water partition coefficient (Wildman–Crippen LogP) is 2.82. The van der Waals surface area contributed by atoms with E-state index in [0.29, 0.717) is 19.0 Å². The zero-order valence-corrected chi connectivity index (χ0v) is 13.3. The molecule has 0 aromatic heterocycles. The molecule has 1 heterocycles. The second-order valence-electron chi connectivity index (χ2n) is 6.07. The first-order valence-electron chi connectivity index (χ1n) is 7.61. The average Bonchev–Trinajstić information content (AvgIpc) is 2.44. The number of rotatable bonds is 4. The molecule has 4 heteroatoms. The van der Waals surface area contributed by atoms with Crippen LogP contribution in [0.2, 0.25) is 0 Å². The molecule has 0 spiro atoms. The summed E-state index contributed by atoms with van der Waals surface area (Å²) in [5.41, 5.74) is 1.27. The summed E-state index contributed by atoms with van der Waals surface area (Å²) in [6, 6.07) is 7.94. The zero-order chi connectivity index (χ0) is 15.4. The van der Waals surface area contributed by atoms with Gasteiger partial charge >= 0.3 is 0 Å². The highest BCUT2D eigenvalue weighted by molar-refractivity contribution is 5.78. The largest absolute Gasteiger partial charge is 0.484 e. The third-order valence-corrected chi connectivity index (χ3v) is 3.68. The number of carbonyl (C=O) groups excluding carboxylic acids is 1. The van der Waals surface area contributed by atoms with E-state index in [1.807, 2.05) is 43.0 Å². The molecule has 2 unspecified atom stereocenters. The molecule has 1 aliphatic rings. The predicted molar refractivity (Wildman–Crippen MR) is 82.6 cm³/mol. The Kier molecular flexibility index (Phi) is 5.23. The summed E-state index contributed by atoms with van der Waals surface area (Å²) in [5, 5.41) is 0. The van der Waals surface area contributed by atoms with Gasteiger partial charge in [-0.15, -0.1) is 0 Å². The van der Waals surface area contributed by atoms with Gasteiger partial charge in [0.15, 0.2) is 6.61 Å². The second-order valence-corrected chi connectivity index (χ2v) is 6.07. The number of morpholine rings is 1. The Hall–Kier alpha value is -1.55. The van der Waals surface area contributed by atoms with Gasteiger partial charge in [-0.25, -0.2) is 0 Å². The lowest BCUT2D eigenvalue weighted by atomic mass is 10.0. The molecular formula is C17H25NO3. The summed E-state index contributed by atoms with van der Waals surface area (Å²) in [6.07, 6.45) is 0.172. The first kappa shape index (κ1) is 15.8. The Morgan fingerprint density at radius 2 is 1.81 bits per heavy atom. The summed E-state index contributed by atoms with van der Waals surface area (Å²) in [7, 11) is 0. The molecule has 0 bridgehead atoms. The van der Waals surface area contributed by atoms with Crippen LogP contribution in [-0.2, 0) is 9.53 Å². The van der Waals surface area contributed by atoms with Crippen molar-refractivity contribution in [1.29, 1.82) is 0 Å². The topological polar surface area (TPSA) is 38.8 Å². The molecule has 4 nitrogen and oxygen atoms in total. The Labute approximate surface area is 127 Å². The number of hydrogen-bond acceptors (Lipinski definition) is 3. The minimum atomic E-state index is 0.0185. The molecule has 0 N–H and O–H groups in total. The molecule has 1 aliphatic heterocycles. The van der Waals surface area contributed by atoms with Crippen molar-refractivity contribution in [3.63, 3.8) is 0 Å². The van der Waals surface area contributed by atoms with E-state index in [1.54, 1.807) is 0 Å². The quantitative estimate of drug-likeness (QED) is 0.856. The van der Waals surface area contributed by atoms with E-state index >= 15 is 0 Å². The van der Waals surface area contributed by atoms with Crippen LogP contribution in [0.1, 0.15) is 39.2 Å². The maximum Gasteiger partial charge on any atom is 0.260 e. The number of nitrogens with zero attached hydrogens (tertiary/aromatic N) is 1. The molecule has 0 radical (unpaired) electrons. The molecule has 2 rings (SSSR count). The van der Waals surface area contributed by atoms with Crippen LogP contribution < -0.4 is 4.74 Å². The van der Waals surface area contributed by atoms with Gasteiger partial charge in [-0.3, -0.25) is 4.79 Å². The first-order valence-corrected chi connectivity index (χ1v) is 7.61. The van der Waals surface area contributed by atoms with E-state index < -0.39 is 0 Å². The van der Waals surface area contributed by atoms with E-state index in [1.165, 1.54) is 5.56 Å². The maximum atomic E-state index is 12.2. The fraction of sp³-hybridized carbons (Fsp3) is 0.588. The highest BCUT2D eigenvalue weighted by atomic mass is 16.5. The molecule has 116 valence electrons. The number of hydrogen-bond donors (Lipinski definition) is 0. The van der Waals surface area contributed by atoms with Crippen molar-refractivity contribution < 1.29 is 14.3 Å². The fourth-order valence-electron chi connectivity index (χ4n) is 2.57. The van der Waals surface area contributed by atoms with Gasteiger partial charge in [-0.05, 0) is 37.5 Å². The van der Waals surface area contributed by atoms with Gasteiger partial charge in [0, 0.05) is 13.1 Å². The van der Waals surface area contributed by atoms with Crippen LogP contribution in [0, 0.1) is 0 Å². The number of benzene rings is 1. The second kappa shape index (κ2) is 6.94. The van der Waals surface area contributed by atoms with E-state index in [0.717, 1.165) is 5.75 Å². The lowest BCUT2D eigenvalue weighted by Crippen LogP contribution is -2.49. The SMILES string of the molecule is CC1CN(C(=O)COc2ccc(C(C)C)cc2)CC(C)O1. The molecule has 1 fully saturated rings. The van der Waals surface area contributed by atoms with Crippen LogP contribution in [0.25, 0.3) is 0 Å². The number of ether oxygens (including phenoxy) is 2. The van der Waals surface area contributed by atoms with Crippen molar-refractivity contribution >= 4 is 5.91 Å². The molecular weight excluding hydrogens is 266 g/mol. The molecule has 0 aliphatic carbocycles. The lowest BCUT2D eigenvalue weighted by Gasteiger charge is -2.35. The van der Waals surface area contributed by atoms with E-state index in [2.05, 4.69) is 13.8 Å². The van der Waals surface area contributed by atoms with Gasteiger partial charge in [0.1, 0.15) is 5.75 Å². The van der Waals surface area contributed by atoms with Gasteiger partial charge in [0.05, 0.1) is 12.2 Å². The summed E-state index contributed by atoms with van der Waals surface area (Å²) < 4.78 is 11.2. The first-order chi connectivity index (χ1) is 9.95. The van der Waals surface area contributed by atoms with Crippen LogP contribution in [-0.4, -0.2) is 42.7 Å². The van der Waals surface area contributed by atoms with Crippen molar-refractivity contribution in [2.24, 2.45) is 0 Å². The maximum absolute atomic E-state index is 12.2. The Morgan fingerprint density at radius 1 is 1.24 bits per heavy atom. The van der Waals surface area contributed by atoms with Gasteiger partial charge in [-0.1, -0.05) is 26.0 Å². The van der Waals surface area contributed by atoms with Crippen LogP contribution in [0.3, 0.4) is 0 Å². The van der Waals surface area contributed by atoms with Gasteiger partial charge in [-0.2, -0.15) is 0 Å². The van der Waals surface area contributed by atoms with Gasteiger partial charge < -0.3 is 14.4 Å². The van der Waals surface area contributed by atoms with Crippen molar-refractivity contribution in [3.8, 4) is 5.75 Å². The fourth-order valence-corrected chi connectivity index (χ4v) is 2.57. The molecule has 21 heavy (non-hydrogen) atoms. The lowest BCUT2D eigenvalue weighted by molar-refractivity contribution is -0.145. The highest BCUT2D eigenvalue weighted by Crippen LogP contribution is 2.19. The average molecular weight is 291 g/mol. The summed E-state index contributed by atoms with van der Waals surface area (Å²) in [4.78, 5) is 14.0. The normalized spacial score (nSPS) is 22.4. The Bertz CT molecular complexity index is 459. The molecule has 1 saturated heterocycles. The third kappa shape index (κ3) is 4.46. The van der Waals surface area contributed by atoms with Crippen molar-refractivity contribution in [2.45, 2.75) is 45.8 Å². The standard InChI is InChI=1S/C17H25NO3/c1-12(2)15-5-7-16(8-6-15)20-11-17(19)18-9-13(3)21-14(4)10-18/h5-8,12-14H,9-11H2,1-4H3. The highest BCUT2D eigenvalue weighted by Gasteiger charge is 2.25. The molecule has 1 aromatic rings.